The zero-order valence-corrected chi connectivity index (χ0v) is 13.7. The fourth-order valence-corrected chi connectivity index (χ4v) is 3.52. The van der Waals surface area contributed by atoms with Crippen molar-refractivity contribution in [2.24, 2.45) is 0 Å². The molecule has 3 rings (SSSR count). The number of thiocarbonyl (C=S) groups is 1. The van der Waals surface area contributed by atoms with Crippen LogP contribution >= 0.6 is 24.0 Å². The molecule has 1 saturated heterocycles. The van der Waals surface area contributed by atoms with E-state index in [4.69, 9.17) is 16.6 Å². The van der Waals surface area contributed by atoms with Crippen LogP contribution in [-0.4, -0.2) is 21.7 Å². The molecule has 1 aliphatic heterocycles. The van der Waals surface area contributed by atoms with Crippen molar-refractivity contribution in [1.82, 2.24) is 4.90 Å². The molecule has 0 unspecified atom stereocenters. The Morgan fingerprint density at radius 3 is 2.73 bits per heavy atom. The third-order valence-electron chi connectivity index (χ3n) is 3.28. The van der Waals surface area contributed by atoms with Crippen LogP contribution in [0.2, 0.25) is 0 Å². The summed E-state index contributed by atoms with van der Waals surface area (Å²) >= 11 is 6.59. The summed E-state index contributed by atoms with van der Waals surface area (Å²) in [6.07, 6.45) is 2.65. The number of nitrogens with zero attached hydrogens (tertiary/aromatic N) is 1. The third kappa shape index (κ3) is 3.00. The molecular formula is C17H15NO2S2. The van der Waals surface area contributed by atoms with Gasteiger partial charge in [0.1, 0.15) is 15.8 Å². The second-order valence-electron chi connectivity index (χ2n) is 4.90. The van der Waals surface area contributed by atoms with E-state index in [-0.39, 0.29) is 5.91 Å². The first-order valence-electron chi connectivity index (χ1n) is 7.09. The minimum absolute atomic E-state index is 0.0329. The topological polar surface area (TPSA) is 33.5 Å². The molecule has 1 aromatic heterocycles. The number of hydrogen-bond donors (Lipinski definition) is 0. The number of hydrogen-bond acceptors (Lipinski definition) is 4. The summed E-state index contributed by atoms with van der Waals surface area (Å²) in [6, 6.07) is 13.7. The van der Waals surface area contributed by atoms with Crippen molar-refractivity contribution in [3.63, 3.8) is 0 Å². The van der Waals surface area contributed by atoms with E-state index < -0.39 is 0 Å². The summed E-state index contributed by atoms with van der Waals surface area (Å²) in [7, 11) is 0. The normalized spacial score (nSPS) is 16.8. The van der Waals surface area contributed by atoms with E-state index in [9.17, 15) is 4.79 Å². The van der Waals surface area contributed by atoms with Gasteiger partial charge in [-0.3, -0.25) is 9.69 Å². The van der Waals surface area contributed by atoms with Crippen LogP contribution in [0.15, 0.2) is 51.8 Å². The second kappa shape index (κ2) is 6.50. The summed E-state index contributed by atoms with van der Waals surface area (Å²) in [5.74, 6) is 1.42. The summed E-state index contributed by atoms with van der Waals surface area (Å²) in [6.45, 7) is 2.69. The van der Waals surface area contributed by atoms with Gasteiger partial charge in [-0.25, -0.2) is 0 Å². The number of carbonyl (C=O) groups is 1. The average molecular weight is 329 g/mol. The van der Waals surface area contributed by atoms with Gasteiger partial charge < -0.3 is 4.42 Å². The van der Waals surface area contributed by atoms with Crippen LogP contribution in [0.3, 0.4) is 0 Å². The van der Waals surface area contributed by atoms with Crippen molar-refractivity contribution in [1.29, 1.82) is 0 Å². The molecule has 3 nitrogen and oxygen atoms in total. The van der Waals surface area contributed by atoms with Crippen molar-refractivity contribution in [3.05, 3.63) is 53.1 Å². The first-order valence-corrected chi connectivity index (χ1v) is 8.32. The van der Waals surface area contributed by atoms with E-state index in [1.54, 1.807) is 11.0 Å². The van der Waals surface area contributed by atoms with E-state index in [1.165, 1.54) is 11.8 Å². The molecule has 1 fully saturated rings. The van der Waals surface area contributed by atoms with Crippen LogP contribution < -0.4 is 0 Å². The van der Waals surface area contributed by atoms with E-state index in [0.29, 0.717) is 21.5 Å². The zero-order valence-electron chi connectivity index (χ0n) is 12.1. The van der Waals surface area contributed by atoms with Crippen molar-refractivity contribution in [2.75, 3.05) is 6.54 Å². The van der Waals surface area contributed by atoms with Gasteiger partial charge in [-0.2, -0.15) is 0 Å². The number of benzene rings is 1. The van der Waals surface area contributed by atoms with Crippen LogP contribution in [0.1, 0.15) is 19.1 Å². The van der Waals surface area contributed by atoms with E-state index >= 15 is 0 Å². The summed E-state index contributed by atoms with van der Waals surface area (Å²) in [5.41, 5.74) is 1.01. The maximum absolute atomic E-state index is 12.3. The predicted molar refractivity (Wildman–Crippen MR) is 94.3 cm³/mol. The van der Waals surface area contributed by atoms with Gasteiger partial charge in [-0.1, -0.05) is 61.2 Å². The van der Waals surface area contributed by atoms with Gasteiger partial charge in [0.15, 0.2) is 0 Å². The Labute approximate surface area is 139 Å². The van der Waals surface area contributed by atoms with Crippen molar-refractivity contribution in [2.45, 2.75) is 13.3 Å². The molecule has 1 aliphatic rings. The molecular weight excluding hydrogens is 314 g/mol. The SMILES string of the molecule is CCCN1C(=O)/C(=C/c2ccc(-c3ccccc3)o2)SC1=S. The Kier molecular flexibility index (Phi) is 4.45. The van der Waals surface area contributed by atoms with Gasteiger partial charge >= 0.3 is 0 Å². The molecule has 22 heavy (non-hydrogen) atoms. The lowest BCUT2D eigenvalue weighted by Gasteiger charge is -2.11. The molecule has 0 bridgehead atoms. The molecule has 0 radical (unpaired) electrons. The minimum Gasteiger partial charge on any atom is -0.457 e. The third-order valence-corrected chi connectivity index (χ3v) is 4.66. The molecule has 112 valence electrons. The lowest BCUT2D eigenvalue weighted by atomic mass is 10.2. The van der Waals surface area contributed by atoms with Crippen molar-refractivity contribution >= 4 is 40.3 Å². The van der Waals surface area contributed by atoms with Gasteiger partial charge in [-0.05, 0) is 18.6 Å². The zero-order chi connectivity index (χ0) is 15.5. The Hall–Kier alpha value is -1.85. The Morgan fingerprint density at radius 2 is 2.00 bits per heavy atom. The maximum Gasteiger partial charge on any atom is 0.266 e. The lowest BCUT2D eigenvalue weighted by Crippen LogP contribution is -2.28. The molecule has 0 N–H and O–H groups in total. The largest absolute Gasteiger partial charge is 0.457 e. The van der Waals surface area contributed by atoms with Crippen molar-refractivity contribution < 1.29 is 9.21 Å². The van der Waals surface area contributed by atoms with Crippen LogP contribution in [0.5, 0.6) is 0 Å². The summed E-state index contributed by atoms with van der Waals surface area (Å²) in [5, 5.41) is 0. The molecule has 0 saturated carbocycles. The number of rotatable bonds is 4. The monoisotopic (exact) mass is 329 g/mol. The fraction of sp³-hybridized carbons (Fsp3) is 0.176. The average Bonchev–Trinajstić information content (AvgIpc) is 3.09. The first kappa shape index (κ1) is 15.1. The minimum atomic E-state index is -0.0329. The van der Waals surface area contributed by atoms with Gasteiger partial charge in [0, 0.05) is 18.2 Å². The number of thioether (sulfide) groups is 1. The quantitative estimate of drug-likeness (QED) is 0.608. The van der Waals surface area contributed by atoms with Gasteiger partial charge in [0.05, 0.1) is 4.91 Å². The Bertz CT molecular complexity index is 734. The number of carbonyl (C=O) groups excluding carboxylic acids is 1. The van der Waals surface area contributed by atoms with E-state index in [0.717, 1.165) is 17.7 Å². The smallest absolute Gasteiger partial charge is 0.266 e. The Balaban J connectivity index is 1.83. The molecule has 2 heterocycles. The molecule has 2 aromatic rings. The highest BCUT2D eigenvalue weighted by Crippen LogP contribution is 2.33. The van der Waals surface area contributed by atoms with Crippen LogP contribution in [-0.2, 0) is 4.79 Å². The molecule has 1 aromatic carbocycles. The van der Waals surface area contributed by atoms with Gasteiger partial charge in [0.2, 0.25) is 0 Å². The number of amides is 1. The highest BCUT2D eigenvalue weighted by atomic mass is 32.2. The van der Waals surface area contributed by atoms with E-state index in [2.05, 4.69) is 0 Å². The van der Waals surface area contributed by atoms with E-state index in [1.807, 2.05) is 49.4 Å². The summed E-state index contributed by atoms with van der Waals surface area (Å²) < 4.78 is 6.43. The van der Waals surface area contributed by atoms with Gasteiger partial charge in [-0.15, -0.1) is 0 Å². The fourth-order valence-electron chi connectivity index (χ4n) is 2.23. The van der Waals surface area contributed by atoms with Crippen LogP contribution in [0.25, 0.3) is 17.4 Å². The van der Waals surface area contributed by atoms with Crippen LogP contribution in [0.4, 0.5) is 0 Å². The van der Waals surface area contributed by atoms with Gasteiger partial charge in [0.25, 0.3) is 5.91 Å². The molecule has 0 spiro atoms. The second-order valence-corrected chi connectivity index (χ2v) is 6.58. The molecule has 1 amide bonds. The maximum atomic E-state index is 12.3. The predicted octanol–water partition coefficient (Wildman–Crippen LogP) is 4.56. The lowest BCUT2D eigenvalue weighted by molar-refractivity contribution is -0.122. The molecule has 0 aliphatic carbocycles. The highest BCUT2D eigenvalue weighted by Gasteiger charge is 2.31. The molecule has 0 atom stereocenters. The number of furan rings is 1. The summed E-state index contributed by atoms with van der Waals surface area (Å²) in [4.78, 5) is 14.6. The van der Waals surface area contributed by atoms with Crippen molar-refractivity contribution in [3.8, 4) is 11.3 Å². The van der Waals surface area contributed by atoms with Crippen LogP contribution in [0, 0.1) is 0 Å². The standard InChI is InChI=1S/C17H15NO2S2/c1-2-10-18-16(19)15(22-17(18)21)11-13-8-9-14(20-13)12-6-4-3-5-7-12/h3-9,11H,2,10H2,1H3/b15-11-. The molecule has 5 heteroatoms. The highest BCUT2D eigenvalue weighted by molar-refractivity contribution is 8.26. The first-order chi connectivity index (χ1) is 10.7. The Morgan fingerprint density at radius 1 is 1.23 bits per heavy atom.